The summed E-state index contributed by atoms with van der Waals surface area (Å²) in [5, 5.41) is -3.77. The molecule has 0 aromatic heterocycles. The third-order valence-electron chi connectivity index (χ3n) is 2.17. The van der Waals surface area contributed by atoms with Crippen molar-refractivity contribution in [3.05, 3.63) is 34.9 Å². The number of carbonyl (C=O) groups is 1. The molecule has 0 unspecified atom stereocenters. The first-order chi connectivity index (χ1) is 6.80. The van der Waals surface area contributed by atoms with E-state index in [0.29, 0.717) is 5.56 Å². The van der Waals surface area contributed by atoms with Crippen molar-refractivity contribution in [3.63, 3.8) is 0 Å². The van der Waals surface area contributed by atoms with E-state index in [9.17, 15) is 13.6 Å². The van der Waals surface area contributed by atoms with E-state index in [1.165, 1.54) is 0 Å². The molecule has 1 aromatic carbocycles. The van der Waals surface area contributed by atoms with Crippen LogP contribution in [0.4, 0.5) is 8.78 Å². The summed E-state index contributed by atoms with van der Waals surface area (Å²) in [6.45, 7) is 3.61. The zero-order chi connectivity index (χ0) is 11.6. The summed E-state index contributed by atoms with van der Waals surface area (Å²) in [5.74, 6) is -1.27. The number of rotatable bonds is 3. The highest BCUT2D eigenvalue weighted by Gasteiger charge is 2.35. The van der Waals surface area contributed by atoms with Gasteiger partial charge in [-0.05, 0) is 36.6 Å². The molecule has 0 saturated heterocycles. The van der Waals surface area contributed by atoms with E-state index in [1.807, 2.05) is 13.0 Å². The van der Waals surface area contributed by atoms with Gasteiger partial charge in [0.25, 0.3) is 0 Å². The predicted molar refractivity (Wildman–Crippen MR) is 55.4 cm³/mol. The van der Waals surface area contributed by atoms with Gasteiger partial charge in [0.15, 0.2) is 0 Å². The highest BCUT2D eigenvalue weighted by Crippen LogP contribution is 2.23. The molecule has 0 bridgehead atoms. The highest BCUT2D eigenvalue weighted by atomic mass is 35.5. The zero-order valence-electron chi connectivity index (χ0n) is 8.48. The van der Waals surface area contributed by atoms with Gasteiger partial charge in [0.1, 0.15) is 0 Å². The number of benzene rings is 1. The lowest BCUT2D eigenvalue weighted by Crippen LogP contribution is -2.23. The van der Waals surface area contributed by atoms with Crippen molar-refractivity contribution in [1.82, 2.24) is 0 Å². The minimum Gasteiger partial charge on any atom is -0.291 e. The molecule has 0 atom stereocenters. The molecule has 0 radical (unpaired) electrons. The number of aryl methyl sites for hydroxylation is 2. The van der Waals surface area contributed by atoms with Gasteiger partial charge in [-0.2, -0.15) is 8.78 Å². The van der Waals surface area contributed by atoms with Gasteiger partial charge >= 0.3 is 5.38 Å². The Hall–Kier alpha value is -0.960. The molecular weight excluding hydrogens is 222 g/mol. The predicted octanol–water partition coefficient (Wildman–Crippen LogP) is 3.25. The van der Waals surface area contributed by atoms with Crippen molar-refractivity contribution in [2.75, 3.05) is 0 Å². The minimum absolute atomic E-state index is 0.329. The van der Waals surface area contributed by atoms with E-state index in [4.69, 9.17) is 0 Å². The van der Waals surface area contributed by atoms with Crippen molar-refractivity contribution < 1.29 is 13.6 Å². The summed E-state index contributed by atoms with van der Waals surface area (Å²) < 4.78 is 24.9. The molecule has 0 N–H and O–H groups in total. The number of ketones is 1. The number of carbonyl (C=O) groups excluding carboxylic acids is 1. The summed E-state index contributed by atoms with van der Waals surface area (Å²) in [4.78, 5) is 11.0. The maximum atomic E-state index is 12.4. The Kier molecular flexibility index (Phi) is 3.45. The molecule has 0 aliphatic rings. The van der Waals surface area contributed by atoms with Gasteiger partial charge in [0.2, 0.25) is 5.78 Å². The molecule has 0 spiro atoms. The van der Waals surface area contributed by atoms with Gasteiger partial charge in [-0.1, -0.05) is 23.8 Å². The van der Waals surface area contributed by atoms with Gasteiger partial charge in [-0.15, -0.1) is 0 Å². The van der Waals surface area contributed by atoms with Crippen LogP contribution in [0.5, 0.6) is 0 Å². The molecule has 0 aliphatic carbocycles. The zero-order valence-corrected chi connectivity index (χ0v) is 9.24. The highest BCUT2D eigenvalue weighted by molar-refractivity contribution is 6.32. The van der Waals surface area contributed by atoms with E-state index in [0.717, 1.165) is 11.1 Å². The van der Waals surface area contributed by atoms with Crippen LogP contribution >= 0.6 is 11.6 Å². The smallest absolute Gasteiger partial charge is 0.291 e. The van der Waals surface area contributed by atoms with E-state index < -0.39 is 11.2 Å². The molecule has 1 nitrogen and oxygen atoms in total. The van der Waals surface area contributed by atoms with Gasteiger partial charge in [0.05, 0.1) is 0 Å². The van der Waals surface area contributed by atoms with E-state index in [2.05, 4.69) is 11.6 Å². The fourth-order valence-corrected chi connectivity index (χ4v) is 1.33. The SMILES string of the molecule is Cc1ccc(C)c(CC(=O)C(F)(F)Cl)c1. The van der Waals surface area contributed by atoms with E-state index in [1.54, 1.807) is 19.1 Å². The Labute approximate surface area is 92.1 Å². The fraction of sp³-hybridized carbons (Fsp3) is 0.364. The molecule has 1 aromatic rings. The Morgan fingerprint density at radius 2 is 2.00 bits per heavy atom. The molecule has 15 heavy (non-hydrogen) atoms. The maximum absolute atomic E-state index is 12.4. The van der Waals surface area contributed by atoms with Crippen LogP contribution in [-0.4, -0.2) is 11.2 Å². The Morgan fingerprint density at radius 3 is 2.53 bits per heavy atom. The second-order valence-corrected chi connectivity index (χ2v) is 4.00. The molecule has 4 heteroatoms. The maximum Gasteiger partial charge on any atom is 0.380 e. The van der Waals surface area contributed by atoms with Gasteiger partial charge in [-0.25, -0.2) is 0 Å². The number of hydrogen-bond donors (Lipinski definition) is 0. The average molecular weight is 233 g/mol. The summed E-state index contributed by atoms with van der Waals surface area (Å²) in [7, 11) is 0. The first kappa shape index (κ1) is 12.1. The van der Waals surface area contributed by atoms with Crippen molar-refractivity contribution in [2.24, 2.45) is 0 Å². The Bertz CT molecular complexity index is 383. The fourth-order valence-electron chi connectivity index (χ4n) is 1.26. The monoisotopic (exact) mass is 232 g/mol. The lowest BCUT2D eigenvalue weighted by molar-refractivity contribution is -0.132. The average Bonchev–Trinajstić information content (AvgIpc) is 2.09. The molecule has 0 aliphatic heterocycles. The third kappa shape index (κ3) is 3.27. The number of halogens is 3. The Morgan fingerprint density at radius 1 is 1.40 bits per heavy atom. The summed E-state index contributed by atoms with van der Waals surface area (Å²) in [5.41, 5.74) is 2.34. The van der Waals surface area contributed by atoms with Crippen molar-refractivity contribution in [3.8, 4) is 0 Å². The van der Waals surface area contributed by atoms with Crippen molar-refractivity contribution in [2.45, 2.75) is 25.7 Å². The molecule has 0 fully saturated rings. The largest absolute Gasteiger partial charge is 0.380 e. The van der Waals surface area contributed by atoms with E-state index in [-0.39, 0.29) is 6.42 Å². The molecule has 82 valence electrons. The number of hydrogen-bond acceptors (Lipinski definition) is 1. The molecular formula is C11H11ClF2O. The quantitative estimate of drug-likeness (QED) is 0.732. The van der Waals surface area contributed by atoms with Gasteiger partial charge in [0, 0.05) is 6.42 Å². The summed E-state index contributed by atoms with van der Waals surface area (Å²) >= 11 is 4.64. The third-order valence-corrected chi connectivity index (χ3v) is 2.38. The van der Waals surface area contributed by atoms with Crippen LogP contribution in [0.25, 0.3) is 0 Å². The standard InChI is InChI=1S/C11H11ClF2O/c1-7-3-4-8(2)9(5-7)6-10(15)11(12,13)14/h3-5H,6H2,1-2H3. The second-order valence-electron chi connectivity index (χ2n) is 3.53. The Balaban J connectivity index is 2.90. The van der Waals surface area contributed by atoms with Crippen LogP contribution in [0.1, 0.15) is 16.7 Å². The topological polar surface area (TPSA) is 17.1 Å². The molecule has 1 rings (SSSR count). The van der Waals surface area contributed by atoms with Gasteiger partial charge < -0.3 is 0 Å². The summed E-state index contributed by atoms with van der Waals surface area (Å²) in [6.07, 6.45) is -0.329. The second kappa shape index (κ2) is 4.27. The van der Waals surface area contributed by atoms with Crippen LogP contribution in [0.2, 0.25) is 0 Å². The van der Waals surface area contributed by atoms with Crippen LogP contribution in [0.15, 0.2) is 18.2 Å². The normalized spacial score (nSPS) is 11.5. The van der Waals surface area contributed by atoms with Crippen LogP contribution in [0.3, 0.4) is 0 Å². The lowest BCUT2D eigenvalue weighted by atomic mass is 10.0. The van der Waals surface area contributed by atoms with Crippen molar-refractivity contribution >= 4 is 17.4 Å². The van der Waals surface area contributed by atoms with Crippen LogP contribution in [-0.2, 0) is 11.2 Å². The number of Topliss-reactive ketones (excluding diaryl/α,β-unsaturated/α-hetero) is 1. The van der Waals surface area contributed by atoms with Crippen LogP contribution in [0, 0.1) is 13.8 Å². The molecule has 0 heterocycles. The van der Waals surface area contributed by atoms with E-state index >= 15 is 0 Å². The first-order valence-electron chi connectivity index (χ1n) is 4.47. The molecule has 0 saturated carbocycles. The summed E-state index contributed by atoms with van der Waals surface area (Å²) in [6, 6.07) is 5.38. The van der Waals surface area contributed by atoms with Gasteiger partial charge in [-0.3, -0.25) is 4.79 Å². The molecule has 0 amide bonds. The lowest BCUT2D eigenvalue weighted by Gasteiger charge is -2.09. The number of alkyl halides is 3. The van der Waals surface area contributed by atoms with Crippen molar-refractivity contribution in [1.29, 1.82) is 0 Å². The van der Waals surface area contributed by atoms with Crippen LogP contribution < -0.4 is 0 Å². The first-order valence-corrected chi connectivity index (χ1v) is 4.84. The minimum atomic E-state index is -3.77.